The van der Waals surface area contributed by atoms with E-state index in [2.05, 4.69) is 33.7 Å². The third kappa shape index (κ3) is 2.93. The minimum atomic E-state index is -0.189. The number of thiophene rings is 1. The lowest BCUT2D eigenvalue weighted by atomic mass is 10.2. The van der Waals surface area contributed by atoms with Gasteiger partial charge in [-0.25, -0.2) is 14.4 Å². The van der Waals surface area contributed by atoms with Crippen molar-refractivity contribution in [1.29, 1.82) is 0 Å². The summed E-state index contributed by atoms with van der Waals surface area (Å²) >= 11 is 1.72. The maximum absolute atomic E-state index is 13.1. The van der Waals surface area contributed by atoms with Gasteiger partial charge in [0.05, 0.1) is 5.39 Å². The highest BCUT2D eigenvalue weighted by atomic mass is 32.1. The van der Waals surface area contributed by atoms with Crippen LogP contribution in [0.1, 0.15) is 16.0 Å². The maximum atomic E-state index is 13.1. The minimum absolute atomic E-state index is 0.189. The Morgan fingerprint density at radius 1 is 1.07 bits per heavy atom. The summed E-state index contributed by atoms with van der Waals surface area (Å²) in [5.74, 6) is 0.675. The molecular formula is C20H21FN6S. The zero-order valence-electron chi connectivity index (χ0n) is 15.9. The van der Waals surface area contributed by atoms with E-state index in [-0.39, 0.29) is 5.82 Å². The molecule has 0 aliphatic carbocycles. The average Bonchev–Trinajstić information content (AvgIpc) is 3.28. The minimum Gasteiger partial charge on any atom is -0.338 e. The molecule has 0 unspecified atom stereocenters. The first kappa shape index (κ1) is 17.5. The molecule has 1 aliphatic rings. The number of benzene rings is 1. The van der Waals surface area contributed by atoms with Gasteiger partial charge < -0.3 is 4.90 Å². The van der Waals surface area contributed by atoms with Gasteiger partial charge in [0.1, 0.15) is 17.0 Å². The summed E-state index contributed by atoms with van der Waals surface area (Å²) in [6.07, 6.45) is 1.61. The van der Waals surface area contributed by atoms with Crippen molar-refractivity contribution in [2.45, 2.75) is 20.4 Å². The van der Waals surface area contributed by atoms with Crippen molar-refractivity contribution in [2.24, 2.45) is 0 Å². The summed E-state index contributed by atoms with van der Waals surface area (Å²) in [6.45, 7) is 8.69. The van der Waals surface area contributed by atoms with Crippen LogP contribution in [0.15, 0.2) is 30.6 Å². The van der Waals surface area contributed by atoms with Crippen LogP contribution in [-0.2, 0) is 6.54 Å². The zero-order valence-corrected chi connectivity index (χ0v) is 16.7. The number of fused-ring (bicyclic) bond motifs is 3. The summed E-state index contributed by atoms with van der Waals surface area (Å²) in [5, 5.41) is 5.56. The van der Waals surface area contributed by atoms with Crippen LogP contribution in [0.3, 0.4) is 0 Å². The molecule has 4 aromatic rings. The number of aromatic nitrogens is 4. The molecule has 0 spiro atoms. The maximum Gasteiger partial charge on any atom is 0.230 e. The Bertz CT molecular complexity index is 1140. The predicted molar refractivity (Wildman–Crippen MR) is 110 cm³/mol. The first-order chi connectivity index (χ1) is 13.6. The predicted octanol–water partition coefficient (Wildman–Crippen LogP) is 3.42. The number of hydrogen-bond acceptors (Lipinski definition) is 6. The van der Waals surface area contributed by atoms with E-state index in [9.17, 15) is 4.39 Å². The van der Waals surface area contributed by atoms with E-state index in [4.69, 9.17) is 4.98 Å². The van der Waals surface area contributed by atoms with Crippen molar-refractivity contribution < 1.29 is 4.39 Å². The van der Waals surface area contributed by atoms with Crippen molar-refractivity contribution in [3.63, 3.8) is 0 Å². The van der Waals surface area contributed by atoms with Crippen LogP contribution in [0.4, 0.5) is 10.3 Å². The zero-order chi connectivity index (χ0) is 19.3. The Kier molecular flexibility index (Phi) is 4.25. The number of anilines is 1. The Hall–Kier alpha value is -2.58. The van der Waals surface area contributed by atoms with Gasteiger partial charge in [-0.05, 0) is 37.1 Å². The standard InChI is InChI=1S/C20H21FN6S/c1-13-14(2)28-19-17(13)18-22-12-23-27(18)20(24-19)26-9-7-25(8-10-26)11-15-3-5-16(21)6-4-15/h3-6,12H,7-11H2,1-2H3. The van der Waals surface area contributed by atoms with Gasteiger partial charge in [0.2, 0.25) is 5.95 Å². The van der Waals surface area contributed by atoms with E-state index in [0.29, 0.717) is 0 Å². The summed E-state index contributed by atoms with van der Waals surface area (Å²) in [6, 6.07) is 6.77. The lowest BCUT2D eigenvalue weighted by Gasteiger charge is -2.35. The molecular weight excluding hydrogens is 375 g/mol. The van der Waals surface area contributed by atoms with Crippen LogP contribution in [0, 0.1) is 19.7 Å². The first-order valence-corrected chi connectivity index (χ1v) is 10.2. The number of halogens is 1. The molecule has 144 valence electrons. The van der Waals surface area contributed by atoms with E-state index in [1.165, 1.54) is 22.6 Å². The van der Waals surface area contributed by atoms with E-state index < -0.39 is 0 Å². The summed E-state index contributed by atoms with van der Waals surface area (Å²) in [7, 11) is 0. The molecule has 28 heavy (non-hydrogen) atoms. The number of hydrogen-bond donors (Lipinski definition) is 0. The number of rotatable bonds is 3. The Labute approximate surface area is 166 Å². The molecule has 0 radical (unpaired) electrons. The molecule has 0 atom stereocenters. The SMILES string of the molecule is Cc1sc2nc(N3CCN(Cc4ccc(F)cc4)CC3)n3ncnc3c2c1C. The van der Waals surface area contributed by atoms with Gasteiger partial charge in [0.15, 0.2) is 5.65 Å². The Morgan fingerprint density at radius 2 is 1.82 bits per heavy atom. The normalized spacial score (nSPS) is 15.8. The van der Waals surface area contributed by atoms with E-state index >= 15 is 0 Å². The van der Waals surface area contributed by atoms with Crippen LogP contribution >= 0.6 is 11.3 Å². The van der Waals surface area contributed by atoms with Crippen molar-refractivity contribution in [3.05, 3.63) is 52.4 Å². The lowest BCUT2D eigenvalue weighted by Crippen LogP contribution is -2.46. The summed E-state index contributed by atoms with van der Waals surface area (Å²) in [4.78, 5) is 16.4. The van der Waals surface area contributed by atoms with Crippen LogP contribution in [0.2, 0.25) is 0 Å². The van der Waals surface area contributed by atoms with E-state index in [0.717, 1.165) is 60.1 Å². The third-order valence-electron chi connectivity index (χ3n) is 5.50. The molecule has 0 amide bonds. The molecule has 1 saturated heterocycles. The molecule has 0 bridgehead atoms. The van der Waals surface area contributed by atoms with Crippen LogP contribution in [0.25, 0.3) is 15.9 Å². The molecule has 1 aliphatic heterocycles. The first-order valence-electron chi connectivity index (χ1n) is 9.41. The molecule has 5 rings (SSSR count). The average molecular weight is 396 g/mol. The van der Waals surface area contributed by atoms with Crippen LogP contribution < -0.4 is 4.90 Å². The number of aryl methyl sites for hydroxylation is 2. The smallest absolute Gasteiger partial charge is 0.230 e. The van der Waals surface area contributed by atoms with Crippen molar-refractivity contribution in [1.82, 2.24) is 24.5 Å². The van der Waals surface area contributed by atoms with Gasteiger partial charge in [0.25, 0.3) is 0 Å². The monoisotopic (exact) mass is 396 g/mol. The molecule has 4 heterocycles. The second-order valence-electron chi connectivity index (χ2n) is 7.26. The van der Waals surface area contributed by atoms with Crippen molar-refractivity contribution in [3.8, 4) is 0 Å². The fourth-order valence-corrected chi connectivity index (χ4v) is 4.83. The Morgan fingerprint density at radius 3 is 2.57 bits per heavy atom. The second kappa shape index (κ2) is 6.79. The van der Waals surface area contributed by atoms with Crippen molar-refractivity contribution >= 4 is 33.1 Å². The highest BCUT2D eigenvalue weighted by molar-refractivity contribution is 7.18. The largest absolute Gasteiger partial charge is 0.338 e. The number of piperazine rings is 1. The molecule has 6 nitrogen and oxygen atoms in total. The van der Waals surface area contributed by atoms with Crippen LogP contribution in [0.5, 0.6) is 0 Å². The van der Waals surface area contributed by atoms with Gasteiger partial charge >= 0.3 is 0 Å². The molecule has 1 fully saturated rings. The van der Waals surface area contributed by atoms with Crippen molar-refractivity contribution in [2.75, 3.05) is 31.1 Å². The second-order valence-corrected chi connectivity index (χ2v) is 8.46. The summed E-state index contributed by atoms with van der Waals surface area (Å²) < 4.78 is 15.0. The van der Waals surface area contributed by atoms with Gasteiger partial charge in [-0.1, -0.05) is 12.1 Å². The molecule has 0 saturated carbocycles. The fraction of sp³-hybridized carbons (Fsp3) is 0.350. The van der Waals surface area contributed by atoms with E-state index in [1.54, 1.807) is 17.7 Å². The van der Waals surface area contributed by atoms with E-state index in [1.807, 2.05) is 16.6 Å². The summed E-state index contributed by atoms with van der Waals surface area (Å²) in [5.41, 5.74) is 3.26. The fourth-order valence-electron chi connectivity index (χ4n) is 3.81. The quantitative estimate of drug-likeness (QED) is 0.531. The molecule has 8 heteroatoms. The molecule has 3 aromatic heterocycles. The molecule has 0 N–H and O–H groups in total. The lowest BCUT2D eigenvalue weighted by molar-refractivity contribution is 0.248. The van der Waals surface area contributed by atoms with Gasteiger partial charge in [-0.15, -0.1) is 11.3 Å². The number of nitrogens with zero attached hydrogens (tertiary/aromatic N) is 6. The van der Waals surface area contributed by atoms with Gasteiger partial charge in [-0.3, -0.25) is 4.90 Å². The van der Waals surface area contributed by atoms with Crippen LogP contribution in [-0.4, -0.2) is 50.7 Å². The van der Waals surface area contributed by atoms with Gasteiger partial charge in [-0.2, -0.15) is 9.61 Å². The Balaban J connectivity index is 1.39. The highest BCUT2D eigenvalue weighted by Gasteiger charge is 2.23. The highest BCUT2D eigenvalue weighted by Crippen LogP contribution is 2.33. The molecule has 1 aromatic carbocycles. The topological polar surface area (TPSA) is 49.6 Å². The van der Waals surface area contributed by atoms with Gasteiger partial charge in [0, 0.05) is 37.6 Å². The third-order valence-corrected chi connectivity index (χ3v) is 6.60.